The summed E-state index contributed by atoms with van der Waals surface area (Å²) < 4.78 is 48.0. The highest BCUT2D eigenvalue weighted by Crippen LogP contribution is 2.26. The van der Waals surface area contributed by atoms with Crippen LogP contribution in [-0.4, -0.2) is 31.9 Å². The van der Waals surface area contributed by atoms with E-state index in [1.54, 1.807) is 43.3 Å². The van der Waals surface area contributed by atoms with Crippen LogP contribution in [0.5, 0.6) is 5.75 Å². The molecule has 12 heteroatoms. The van der Waals surface area contributed by atoms with Crippen LogP contribution < -0.4 is 19.8 Å². The lowest BCUT2D eigenvalue weighted by atomic mass is 9.95. The average Bonchev–Trinajstić information content (AvgIpc) is 3.44. The van der Waals surface area contributed by atoms with Crippen molar-refractivity contribution in [1.29, 1.82) is 0 Å². The van der Waals surface area contributed by atoms with Crippen LogP contribution in [-0.2, 0) is 32.6 Å². The molecule has 0 saturated carbocycles. The molecule has 0 fully saturated rings. The number of anilines is 1. The number of ether oxygens (including phenoxy) is 1. The molecule has 1 heterocycles. The number of rotatable bonds is 14. The second-order valence-corrected chi connectivity index (χ2v) is 14.2. The molecule has 1 aliphatic heterocycles. The smallest absolute Gasteiger partial charge is 0.264 e. The zero-order chi connectivity index (χ0) is 35.8. The van der Waals surface area contributed by atoms with E-state index >= 15 is 0 Å². The van der Waals surface area contributed by atoms with E-state index in [0.717, 1.165) is 10.6 Å². The van der Waals surface area contributed by atoms with Crippen molar-refractivity contribution in [3.05, 3.63) is 125 Å². The van der Waals surface area contributed by atoms with Crippen LogP contribution in [0.15, 0.2) is 107 Å². The lowest BCUT2D eigenvalue weighted by Gasteiger charge is -2.22. The first-order valence-corrected chi connectivity index (χ1v) is 17.7. The van der Waals surface area contributed by atoms with E-state index in [0.29, 0.717) is 34.6 Å². The molecule has 0 radical (unpaired) electrons. The average molecular weight is 699 g/mol. The van der Waals surface area contributed by atoms with Crippen LogP contribution in [0, 0.1) is 11.7 Å². The summed E-state index contributed by atoms with van der Waals surface area (Å²) in [7, 11) is -4.28. The van der Waals surface area contributed by atoms with E-state index in [-0.39, 0.29) is 54.1 Å². The number of amides is 3. The van der Waals surface area contributed by atoms with Gasteiger partial charge in [-0.05, 0) is 90.9 Å². The number of halogens is 1. The molecule has 0 saturated heterocycles. The van der Waals surface area contributed by atoms with Gasteiger partial charge in [-0.2, -0.15) is 5.10 Å². The Kier molecular flexibility index (Phi) is 11.4. The molecule has 0 aromatic heterocycles. The van der Waals surface area contributed by atoms with Crippen LogP contribution >= 0.6 is 0 Å². The van der Waals surface area contributed by atoms with Crippen LogP contribution in [0.25, 0.3) is 0 Å². The SMILES string of the molecule is CC1=NN(c2cccc(S(=O)(=O)NC(=O)CCc3ccc(COc4ccccc4)cc3C(=O)NC(CC(C)C)c3ccc(F)cc3)c2)C(=O)C1. The highest BCUT2D eigenvalue weighted by Gasteiger charge is 2.26. The van der Waals surface area contributed by atoms with Crippen LogP contribution in [0.2, 0.25) is 0 Å². The zero-order valence-corrected chi connectivity index (χ0v) is 28.9. The van der Waals surface area contributed by atoms with Crippen molar-refractivity contribution in [2.75, 3.05) is 5.01 Å². The Hall–Kier alpha value is -5.36. The second kappa shape index (κ2) is 15.9. The van der Waals surface area contributed by atoms with Gasteiger partial charge in [0.1, 0.15) is 18.2 Å². The van der Waals surface area contributed by atoms with Gasteiger partial charge in [0.2, 0.25) is 5.91 Å². The van der Waals surface area contributed by atoms with Gasteiger partial charge < -0.3 is 10.1 Å². The number of hydrogen-bond acceptors (Lipinski definition) is 7. The standard InChI is InChI=1S/C38H39FN4O6S/c1-25(2)20-35(29-14-17-30(39)18-15-29)40-38(46)34-22-27(24-49-32-9-5-4-6-10-32)12-13-28(34)16-19-36(44)42-50(47,48)33-11-7-8-31(23-33)43-37(45)21-26(3)41-43/h4-15,17-18,22-23,25,35H,16,19-21,24H2,1-3H3,(H,40,46)(H,42,44). The predicted octanol–water partition coefficient (Wildman–Crippen LogP) is 6.47. The summed E-state index contributed by atoms with van der Waals surface area (Å²) >= 11 is 0. The largest absolute Gasteiger partial charge is 0.489 e. The third-order valence-corrected chi connectivity index (χ3v) is 9.38. The summed E-state index contributed by atoms with van der Waals surface area (Å²) in [5, 5.41) is 8.38. The fraction of sp³-hybridized carbons (Fsp3) is 0.263. The summed E-state index contributed by atoms with van der Waals surface area (Å²) in [6.07, 6.45) is 0.564. The van der Waals surface area contributed by atoms with Gasteiger partial charge in [0.25, 0.3) is 21.8 Å². The fourth-order valence-electron chi connectivity index (χ4n) is 5.55. The highest BCUT2D eigenvalue weighted by atomic mass is 32.2. The first kappa shape index (κ1) is 35.9. The van der Waals surface area contributed by atoms with Gasteiger partial charge in [-0.1, -0.05) is 62.4 Å². The minimum absolute atomic E-state index is 0.0611. The molecule has 2 N–H and O–H groups in total. The topological polar surface area (TPSA) is 134 Å². The number of carbonyl (C=O) groups excluding carboxylic acids is 3. The number of aryl methyl sites for hydroxylation is 1. The maximum absolute atomic E-state index is 13.9. The van der Waals surface area contributed by atoms with Crippen LogP contribution in [0.3, 0.4) is 0 Å². The number of nitrogens with zero attached hydrogens (tertiary/aromatic N) is 2. The summed E-state index contributed by atoms with van der Waals surface area (Å²) in [5.41, 5.74) is 3.18. The normalized spacial score (nSPS) is 13.6. The molecule has 1 aliphatic rings. The summed E-state index contributed by atoms with van der Waals surface area (Å²) in [6.45, 7) is 5.94. The van der Waals surface area contributed by atoms with Gasteiger partial charge in [0.05, 0.1) is 23.0 Å². The minimum atomic E-state index is -4.28. The van der Waals surface area contributed by atoms with Crippen molar-refractivity contribution < 1.29 is 31.9 Å². The Balaban J connectivity index is 1.33. The van der Waals surface area contributed by atoms with Crippen LogP contribution in [0.4, 0.5) is 10.1 Å². The molecule has 3 amide bonds. The molecule has 0 spiro atoms. The molecule has 4 aromatic carbocycles. The number of carbonyl (C=O) groups is 3. The van der Waals surface area contributed by atoms with Crippen LogP contribution in [0.1, 0.15) is 73.1 Å². The van der Waals surface area contributed by atoms with E-state index in [1.807, 2.05) is 44.2 Å². The van der Waals surface area contributed by atoms with E-state index in [9.17, 15) is 27.2 Å². The van der Waals surface area contributed by atoms with Crippen molar-refractivity contribution >= 4 is 39.1 Å². The minimum Gasteiger partial charge on any atom is -0.489 e. The molecule has 1 atom stereocenters. The number of nitrogens with one attached hydrogen (secondary N) is 2. The zero-order valence-electron chi connectivity index (χ0n) is 28.1. The number of para-hydroxylation sites is 1. The van der Waals surface area contributed by atoms with E-state index < -0.39 is 27.9 Å². The molecule has 10 nitrogen and oxygen atoms in total. The molecular weight excluding hydrogens is 660 g/mol. The van der Waals surface area contributed by atoms with Gasteiger partial charge in [-0.3, -0.25) is 14.4 Å². The molecular formula is C38H39FN4O6S. The maximum atomic E-state index is 13.9. The number of sulfonamides is 1. The number of benzene rings is 4. The van der Waals surface area contributed by atoms with Crippen molar-refractivity contribution in [2.24, 2.45) is 11.0 Å². The first-order chi connectivity index (χ1) is 23.9. The van der Waals surface area contributed by atoms with Crippen molar-refractivity contribution in [3.63, 3.8) is 0 Å². The van der Waals surface area contributed by atoms with Gasteiger partial charge >= 0.3 is 0 Å². The number of hydrogen-bond donors (Lipinski definition) is 2. The van der Waals surface area contributed by atoms with E-state index in [2.05, 4.69) is 15.1 Å². The molecule has 0 aliphatic carbocycles. The quantitative estimate of drug-likeness (QED) is 0.155. The Morgan fingerprint density at radius 3 is 2.38 bits per heavy atom. The molecule has 4 aromatic rings. The van der Waals surface area contributed by atoms with Crippen molar-refractivity contribution in [2.45, 2.75) is 64.0 Å². The van der Waals surface area contributed by atoms with Gasteiger partial charge in [-0.15, -0.1) is 0 Å². The summed E-state index contributed by atoms with van der Waals surface area (Å²) in [5.74, 6) is -0.949. The molecule has 0 bridgehead atoms. The fourth-order valence-corrected chi connectivity index (χ4v) is 6.61. The lowest BCUT2D eigenvalue weighted by Crippen LogP contribution is -2.32. The Bertz CT molecular complexity index is 2000. The number of hydrazone groups is 1. The van der Waals surface area contributed by atoms with Crippen molar-refractivity contribution in [3.8, 4) is 5.75 Å². The predicted molar refractivity (Wildman–Crippen MR) is 189 cm³/mol. The second-order valence-electron chi connectivity index (χ2n) is 12.5. The molecule has 50 heavy (non-hydrogen) atoms. The van der Waals surface area contributed by atoms with Crippen molar-refractivity contribution in [1.82, 2.24) is 10.0 Å². The highest BCUT2D eigenvalue weighted by molar-refractivity contribution is 7.90. The maximum Gasteiger partial charge on any atom is 0.264 e. The third-order valence-electron chi connectivity index (χ3n) is 8.01. The third kappa shape index (κ3) is 9.41. The Morgan fingerprint density at radius 1 is 0.960 bits per heavy atom. The van der Waals surface area contributed by atoms with E-state index in [1.165, 1.54) is 30.3 Å². The summed E-state index contributed by atoms with van der Waals surface area (Å²) in [6, 6.07) is 25.7. The molecule has 5 rings (SSSR count). The van der Waals surface area contributed by atoms with Gasteiger partial charge in [-0.25, -0.2) is 22.5 Å². The lowest BCUT2D eigenvalue weighted by molar-refractivity contribution is -0.119. The monoisotopic (exact) mass is 698 g/mol. The van der Waals surface area contributed by atoms with Gasteiger partial charge in [0.15, 0.2) is 0 Å². The first-order valence-electron chi connectivity index (χ1n) is 16.3. The Labute approximate surface area is 291 Å². The van der Waals surface area contributed by atoms with Gasteiger partial charge in [0, 0.05) is 17.7 Å². The Morgan fingerprint density at radius 2 is 1.70 bits per heavy atom. The summed E-state index contributed by atoms with van der Waals surface area (Å²) in [4.78, 5) is 39.0. The van der Waals surface area contributed by atoms with E-state index in [4.69, 9.17) is 4.74 Å². The molecule has 260 valence electrons. The molecule has 1 unspecified atom stereocenters.